The number of hydrogen-bond donors (Lipinski definition) is 1. The smallest absolute Gasteiger partial charge is 0.265 e. The van der Waals surface area contributed by atoms with E-state index in [9.17, 15) is 9.59 Å². The molecule has 116 valence electrons. The fourth-order valence-corrected chi connectivity index (χ4v) is 2.39. The second kappa shape index (κ2) is 5.98. The Morgan fingerprint density at radius 1 is 1.17 bits per heavy atom. The van der Waals surface area contributed by atoms with Gasteiger partial charge in [-0.05, 0) is 54.7 Å². The fourth-order valence-electron chi connectivity index (χ4n) is 2.09. The Balaban J connectivity index is 1.91. The van der Waals surface area contributed by atoms with Crippen LogP contribution in [0.3, 0.4) is 0 Å². The van der Waals surface area contributed by atoms with Crippen LogP contribution < -0.4 is 5.32 Å². The zero-order valence-electron chi connectivity index (χ0n) is 12.0. The van der Waals surface area contributed by atoms with Crippen molar-refractivity contribution in [2.45, 2.75) is 0 Å². The zero-order chi connectivity index (χ0) is 16.6. The van der Waals surface area contributed by atoms with Gasteiger partial charge in [0.15, 0.2) is 5.11 Å². The van der Waals surface area contributed by atoms with E-state index in [0.29, 0.717) is 16.5 Å². The predicted molar refractivity (Wildman–Crippen MR) is 90.6 cm³/mol. The van der Waals surface area contributed by atoms with Gasteiger partial charge in [0.1, 0.15) is 17.1 Å². The first-order valence-corrected chi connectivity index (χ1v) is 7.45. The van der Waals surface area contributed by atoms with Crippen LogP contribution in [0.1, 0.15) is 5.76 Å². The Hall–Kier alpha value is -2.44. The van der Waals surface area contributed by atoms with Crippen LogP contribution in [0.15, 0.2) is 46.4 Å². The van der Waals surface area contributed by atoms with Crippen LogP contribution in [-0.4, -0.2) is 28.9 Å². The van der Waals surface area contributed by atoms with Gasteiger partial charge in [-0.3, -0.25) is 19.8 Å². The summed E-state index contributed by atoms with van der Waals surface area (Å²) in [5.74, 6) is 0.00135. The Kier molecular flexibility index (Phi) is 4.02. The molecule has 23 heavy (non-hydrogen) atoms. The molecule has 1 aliphatic heterocycles. The molecule has 1 N–H and O–H groups in total. The number of nitrogens with one attached hydrogen (secondary N) is 1. The highest BCUT2D eigenvalue weighted by Crippen LogP contribution is 2.25. The lowest BCUT2D eigenvalue weighted by Gasteiger charge is -2.24. The average Bonchev–Trinajstić information content (AvgIpc) is 2.99. The fraction of sp³-hybridized carbons (Fsp3) is 0.0625. The number of hydrogen-bond acceptors (Lipinski definition) is 4. The zero-order valence-corrected chi connectivity index (χ0v) is 13.6. The monoisotopic (exact) mass is 346 g/mol. The highest BCUT2D eigenvalue weighted by molar-refractivity contribution is 7.80. The van der Waals surface area contributed by atoms with E-state index in [0.717, 1.165) is 5.56 Å². The van der Waals surface area contributed by atoms with Gasteiger partial charge < -0.3 is 4.42 Å². The number of carbonyl (C=O) groups excluding carboxylic acids is 2. The van der Waals surface area contributed by atoms with Gasteiger partial charge in [-0.15, -0.1) is 0 Å². The number of halogens is 1. The Morgan fingerprint density at radius 2 is 1.87 bits per heavy atom. The number of furan rings is 1. The maximum Gasteiger partial charge on any atom is 0.265 e. The minimum absolute atomic E-state index is 0.0295. The van der Waals surface area contributed by atoms with Gasteiger partial charge in [0.05, 0.1) is 0 Å². The summed E-state index contributed by atoms with van der Waals surface area (Å²) in [7, 11) is 1.50. The molecule has 7 heteroatoms. The molecule has 5 nitrogen and oxygen atoms in total. The van der Waals surface area contributed by atoms with Crippen molar-refractivity contribution >= 4 is 46.8 Å². The van der Waals surface area contributed by atoms with Crippen LogP contribution in [0.2, 0.25) is 5.02 Å². The third-order valence-electron chi connectivity index (χ3n) is 3.35. The molecule has 2 aromatic rings. The van der Waals surface area contributed by atoms with E-state index in [-0.39, 0.29) is 10.7 Å². The van der Waals surface area contributed by atoms with Gasteiger partial charge in [0.25, 0.3) is 11.8 Å². The van der Waals surface area contributed by atoms with Crippen molar-refractivity contribution in [3.05, 3.63) is 52.8 Å². The second-order valence-corrected chi connectivity index (χ2v) is 5.71. The van der Waals surface area contributed by atoms with Crippen molar-refractivity contribution < 1.29 is 14.0 Å². The van der Waals surface area contributed by atoms with Gasteiger partial charge in [-0.2, -0.15) is 0 Å². The van der Waals surface area contributed by atoms with E-state index in [1.165, 1.54) is 18.0 Å². The van der Waals surface area contributed by atoms with E-state index in [1.54, 1.807) is 24.3 Å². The molecule has 3 rings (SSSR count). The van der Waals surface area contributed by atoms with E-state index >= 15 is 0 Å². The lowest BCUT2D eigenvalue weighted by molar-refractivity contribution is -0.128. The van der Waals surface area contributed by atoms with E-state index in [1.807, 2.05) is 12.1 Å². The Morgan fingerprint density at radius 3 is 2.57 bits per heavy atom. The summed E-state index contributed by atoms with van der Waals surface area (Å²) in [4.78, 5) is 25.2. The molecule has 2 heterocycles. The van der Waals surface area contributed by atoms with Crippen molar-refractivity contribution in [1.82, 2.24) is 10.2 Å². The molecule has 0 saturated carbocycles. The summed E-state index contributed by atoms with van der Waals surface area (Å²) in [6.07, 6.45) is 1.40. The largest absolute Gasteiger partial charge is 0.457 e. The maximum absolute atomic E-state index is 12.1. The summed E-state index contributed by atoms with van der Waals surface area (Å²) < 4.78 is 5.67. The number of carbonyl (C=O) groups is 2. The molecule has 1 saturated heterocycles. The first-order valence-electron chi connectivity index (χ1n) is 6.66. The number of amides is 2. The number of nitrogens with zero attached hydrogens (tertiary/aromatic N) is 1. The third kappa shape index (κ3) is 3.04. The summed E-state index contributed by atoms with van der Waals surface area (Å²) in [5.41, 5.74) is 0.815. The van der Waals surface area contributed by atoms with Crippen LogP contribution in [0.4, 0.5) is 0 Å². The number of benzene rings is 1. The normalized spacial score (nSPS) is 16.9. The van der Waals surface area contributed by atoms with Crippen molar-refractivity contribution in [3.8, 4) is 11.3 Å². The molecular formula is C16H11ClN2O3S. The van der Waals surface area contributed by atoms with E-state index < -0.39 is 11.8 Å². The SMILES string of the molecule is CN1C(=O)/C(=C/c2ccc(-c3ccc(Cl)cc3)o2)C(=O)NC1=S. The molecule has 2 amide bonds. The van der Waals surface area contributed by atoms with Gasteiger partial charge in [-0.25, -0.2) is 0 Å². The van der Waals surface area contributed by atoms with Crippen LogP contribution in [0.25, 0.3) is 17.4 Å². The molecule has 1 fully saturated rings. The maximum atomic E-state index is 12.1. The minimum Gasteiger partial charge on any atom is -0.457 e. The highest BCUT2D eigenvalue weighted by Gasteiger charge is 2.31. The Labute approximate surface area is 142 Å². The Bertz CT molecular complexity index is 839. The van der Waals surface area contributed by atoms with Crippen LogP contribution in [-0.2, 0) is 9.59 Å². The van der Waals surface area contributed by atoms with Crippen LogP contribution in [0.5, 0.6) is 0 Å². The molecule has 1 aromatic heterocycles. The minimum atomic E-state index is -0.539. The van der Waals surface area contributed by atoms with Gasteiger partial charge in [0.2, 0.25) is 0 Å². The quantitative estimate of drug-likeness (QED) is 0.516. The molecule has 0 spiro atoms. The lowest BCUT2D eigenvalue weighted by Crippen LogP contribution is -2.52. The molecule has 0 atom stereocenters. The van der Waals surface area contributed by atoms with Gasteiger partial charge >= 0.3 is 0 Å². The number of rotatable bonds is 2. The molecule has 0 unspecified atom stereocenters. The highest BCUT2D eigenvalue weighted by atomic mass is 35.5. The lowest BCUT2D eigenvalue weighted by atomic mass is 10.1. The molecule has 1 aromatic carbocycles. The molecule has 0 radical (unpaired) electrons. The topological polar surface area (TPSA) is 62.6 Å². The summed E-state index contributed by atoms with van der Waals surface area (Å²) in [6, 6.07) is 10.6. The summed E-state index contributed by atoms with van der Waals surface area (Å²) in [6.45, 7) is 0. The summed E-state index contributed by atoms with van der Waals surface area (Å²) in [5, 5.41) is 3.16. The van der Waals surface area contributed by atoms with Gasteiger partial charge in [0, 0.05) is 17.6 Å². The number of likely N-dealkylation sites (N-methyl/N-ethyl adjacent to an activating group) is 1. The molecule has 0 aliphatic carbocycles. The second-order valence-electron chi connectivity index (χ2n) is 4.89. The van der Waals surface area contributed by atoms with Gasteiger partial charge in [-0.1, -0.05) is 11.6 Å². The molecule has 0 bridgehead atoms. The third-order valence-corrected chi connectivity index (χ3v) is 3.97. The van der Waals surface area contributed by atoms with E-state index in [2.05, 4.69) is 5.32 Å². The molecule has 1 aliphatic rings. The average molecular weight is 347 g/mol. The van der Waals surface area contributed by atoms with Crippen molar-refractivity contribution in [3.63, 3.8) is 0 Å². The van der Waals surface area contributed by atoms with Crippen LogP contribution in [0, 0.1) is 0 Å². The van der Waals surface area contributed by atoms with Crippen molar-refractivity contribution in [2.75, 3.05) is 7.05 Å². The molecular weight excluding hydrogens is 336 g/mol. The van der Waals surface area contributed by atoms with E-state index in [4.69, 9.17) is 28.2 Å². The van der Waals surface area contributed by atoms with Crippen molar-refractivity contribution in [1.29, 1.82) is 0 Å². The first-order chi connectivity index (χ1) is 11.0. The first kappa shape index (κ1) is 15.5. The van der Waals surface area contributed by atoms with Crippen LogP contribution >= 0.6 is 23.8 Å². The standard InChI is InChI=1S/C16H11ClN2O3S/c1-19-15(21)12(14(20)18-16(19)23)8-11-6-7-13(22-11)9-2-4-10(17)5-3-9/h2-8H,1H3,(H,18,20,23)/b12-8+. The van der Waals surface area contributed by atoms with Crippen molar-refractivity contribution in [2.24, 2.45) is 0 Å². The number of thiocarbonyl (C=S) groups is 1. The summed E-state index contributed by atoms with van der Waals surface area (Å²) >= 11 is 10.7. The predicted octanol–water partition coefficient (Wildman–Crippen LogP) is 2.86.